The maximum Gasteiger partial charge on any atom is 0.371 e. The average molecular weight is 304 g/mol. The topological polar surface area (TPSA) is 62.9 Å². The van der Waals surface area contributed by atoms with Crippen LogP contribution in [0.5, 0.6) is 0 Å². The van der Waals surface area contributed by atoms with E-state index in [1.54, 1.807) is 6.07 Å². The smallest absolute Gasteiger partial charge is 0.371 e. The highest BCUT2D eigenvalue weighted by Crippen LogP contribution is 2.30. The Morgan fingerprint density at radius 3 is 2.45 bits per heavy atom. The first kappa shape index (κ1) is 17.0. The third kappa shape index (κ3) is 3.98. The van der Waals surface area contributed by atoms with Crippen LogP contribution in [0.2, 0.25) is 0 Å². The summed E-state index contributed by atoms with van der Waals surface area (Å²) in [6, 6.07) is 1.65. The van der Waals surface area contributed by atoms with Crippen molar-refractivity contribution in [2.24, 2.45) is 0 Å². The molecule has 1 fully saturated rings. The maximum absolute atomic E-state index is 11.1. The molecule has 0 unspecified atom stereocenters. The van der Waals surface area contributed by atoms with Gasteiger partial charge in [-0.3, -0.25) is 4.90 Å². The van der Waals surface area contributed by atoms with Gasteiger partial charge in [-0.2, -0.15) is 0 Å². The molecule has 0 aliphatic carbocycles. The number of ether oxygens (including phenoxy) is 1. The number of nitrogens with zero attached hydrogens (tertiary/aromatic N) is 1. The Labute approximate surface area is 125 Å². The minimum atomic E-state index is -1.02. The van der Waals surface area contributed by atoms with Crippen molar-refractivity contribution in [3.63, 3.8) is 0 Å². The van der Waals surface area contributed by atoms with Gasteiger partial charge in [0.05, 0.1) is 13.2 Å². The summed E-state index contributed by atoms with van der Waals surface area (Å²) in [5, 5.41) is 9.07. The van der Waals surface area contributed by atoms with Gasteiger partial charge in [0.25, 0.3) is 0 Å². The number of carboxylic acids is 1. The Morgan fingerprint density at radius 1 is 1.35 bits per heavy atom. The highest BCUT2D eigenvalue weighted by Gasteiger charge is 2.27. The maximum atomic E-state index is 11.1. The van der Waals surface area contributed by atoms with Crippen molar-refractivity contribution in [2.45, 2.75) is 32.7 Å². The van der Waals surface area contributed by atoms with E-state index in [-0.39, 0.29) is 23.6 Å². The fourth-order valence-electron chi connectivity index (χ4n) is 2.29. The molecule has 1 aromatic heterocycles. The predicted molar refractivity (Wildman–Crippen MR) is 77.7 cm³/mol. The van der Waals surface area contributed by atoms with Gasteiger partial charge in [0.15, 0.2) is 0 Å². The monoisotopic (exact) mass is 303 g/mol. The summed E-state index contributed by atoms with van der Waals surface area (Å²) >= 11 is 0. The van der Waals surface area contributed by atoms with Gasteiger partial charge in [-0.15, -0.1) is 12.4 Å². The fourth-order valence-corrected chi connectivity index (χ4v) is 2.29. The standard InChI is InChI=1S/C14H21NO4.ClH/c1-14(2,3)12-10(8-11(19-12)13(16)17)9-15-4-6-18-7-5-15;/h8H,4-7,9H2,1-3H3,(H,16,17);1H. The van der Waals surface area contributed by atoms with E-state index < -0.39 is 5.97 Å². The van der Waals surface area contributed by atoms with Gasteiger partial charge >= 0.3 is 5.97 Å². The molecule has 1 saturated heterocycles. The third-order valence-electron chi connectivity index (χ3n) is 3.20. The normalized spacial score (nSPS) is 16.8. The van der Waals surface area contributed by atoms with E-state index in [9.17, 15) is 4.79 Å². The number of hydrogen-bond donors (Lipinski definition) is 1. The Kier molecular flexibility index (Phi) is 5.62. The lowest BCUT2D eigenvalue weighted by Gasteiger charge is -2.27. The van der Waals surface area contributed by atoms with E-state index in [0.717, 1.165) is 37.6 Å². The first-order valence-electron chi connectivity index (χ1n) is 6.54. The highest BCUT2D eigenvalue weighted by molar-refractivity contribution is 5.85. The van der Waals surface area contributed by atoms with Crippen molar-refractivity contribution >= 4 is 18.4 Å². The van der Waals surface area contributed by atoms with Crippen LogP contribution in [0.25, 0.3) is 0 Å². The van der Waals surface area contributed by atoms with Crippen molar-refractivity contribution in [2.75, 3.05) is 26.3 Å². The molecule has 1 N–H and O–H groups in total. The van der Waals surface area contributed by atoms with E-state index in [0.29, 0.717) is 6.54 Å². The average Bonchev–Trinajstić information content (AvgIpc) is 2.74. The van der Waals surface area contributed by atoms with Crippen LogP contribution in [-0.4, -0.2) is 42.3 Å². The summed E-state index contributed by atoms with van der Waals surface area (Å²) in [7, 11) is 0. The molecule has 0 saturated carbocycles. The zero-order chi connectivity index (χ0) is 14.0. The van der Waals surface area contributed by atoms with Crippen molar-refractivity contribution in [3.8, 4) is 0 Å². The molecule has 0 spiro atoms. The van der Waals surface area contributed by atoms with Gasteiger partial charge in [-0.1, -0.05) is 20.8 Å². The van der Waals surface area contributed by atoms with Gasteiger partial charge < -0.3 is 14.3 Å². The first-order chi connectivity index (χ1) is 8.88. The number of hydrogen-bond acceptors (Lipinski definition) is 4. The highest BCUT2D eigenvalue weighted by atomic mass is 35.5. The Bertz CT molecular complexity index is 458. The fraction of sp³-hybridized carbons (Fsp3) is 0.643. The summed E-state index contributed by atoms with van der Waals surface area (Å²) in [5.74, 6) is -0.233. The van der Waals surface area contributed by atoms with Crippen molar-refractivity contribution < 1.29 is 19.1 Å². The summed E-state index contributed by atoms with van der Waals surface area (Å²) < 4.78 is 10.8. The number of morpholine rings is 1. The molecular formula is C14H22ClNO4. The summed E-state index contributed by atoms with van der Waals surface area (Å²) in [6.07, 6.45) is 0. The molecule has 0 bridgehead atoms. The Hall–Kier alpha value is -1.04. The van der Waals surface area contributed by atoms with Gasteiger partial charge in [0.2, 0.25) is 5.76 Å². The van der Waals surface area contributed by atoms with Crippen LogP contribution in [0, 0.1) is 0 Å². The quantitative estimate of drug-likeness (QED) is 0.929. The van der Waals surface area contributed by atoms with E-state index in [2.05, 4.69) is 4.90 Å². The number of halogens is 1. The minimum absolute atomic E-state index is 0. The second-order valence-corrected chi connectivity index (χ2v) is 5.91. The molecule has 20 heavy (non-hydrogen) atoms. The molecule has 1 aliphatic rings. The number of aromatic carboxylic acids is 1. The van der Waals surface area contributed by atoms with Crippen LogP contribution in [0.4, 0.5) is 0 Å². The van der Waals surface area contributed by atoms with E-state index in [1.165, 1.54) is 0 Å². The molecule has 1 aliphatic heterocycles. The SMILES string of the molecule is CC(C)(C)c1oc(C(=O)O)cc1CN1CCOCC1.Cl. The first-order valence-corrected chi connectivity index (χ1v) is 6.54. The number of carboxylic acid groups (broad SMARTS) is 1. The second-order valence-electron chi connectivity index (χ2n) is 5.91. The van der Waals surface area contributed by atoms with Crippen LogP contribution in [0.15, 0.2) is 10.5 Å². The number of furan rings is 1. The largest absolute Gasteiger partial charge is 0.475 e. The lowest BCUT2D eigenvalue weighted by atomic mass is 9.90. The molecule has 2 heterocycles. The zero-order valence-electron chi connectivity index (χ0n) is 12.1. The van der Waals surface area contributed by atoms with Gasteiger partial charge in [0.1, 0.15) is 5.76 Å². The second kappa shape index (κ2) is 6.61. The summed E-state index contributed by atoms with van der Waals surface area (Å²) in [4.78, 5) is 13.3. The van der Waals surface area contributed by atoms with Crippen molar-refractivity contribution in [3.05, 3.63) is 23.2 Å². The van der Waals surface area contributed by atoms with Crippen molar-refractivity contribution in [1.29, 1.82) is 0 Å². The molecule has 0 radical (unpaired) electrons. The molecule has 0 amide bonds. The lowest BCUT2D eigenvalue weighted by Crippen LogP contribution is -2.36. The molecule has 6 heteroatoms. The van der Waals surface area contributed by atoms with Gasteiger partial charge in [0, 0.05) is 30.6 Å². The van der Waals surface area contributed by atoms with Gasteiger partial charge in [-0.05, 0) is 6.07 Å². The summed E-state index contributed by atoms with van der Waals surface area (Å²) in [5.41, 5.74) is 0.766. The van der Waals surface area contributed by atoms with Crippen LogP contribution < -0.4 is 0 Å². The number of rotatable bonds is 3. The molecule has 0 aromatic carbocycles. The molecule has 5 nitrogen and oxygen atoms in total. The molecule has 2 rings (SSSR count). The van der Waals surface area contributed by atoms with E-state index >= 15 is 0 Å². The predicted octanol–water partition coefficient (Wildman–Crippen LogP) is 2.53. The summed E-state index contributed by atoms with van der Waals surface area (Å²) in [6.45, 7) is 10.0. The van der Waals surface area contributed by atoms with Crippen LogP contribution in [0.1, 0.15) is 42.6 Å². The van der Waals surface area contributed by atoms with Crippen molar-refractivity contribution in [1.82, 2.24) is 4.90 Å². The van der Waals surface area contributed by atoms with E-state index in [1.807, 2.05) is 20.8 Å². The Morgan fingerprint density at radius 2 is 1.95 bits per heavy atom. The third-order valence-corrected chi connectivity index (χ3v) is 3.20. The van der Waals surface area contributed by atoms with Crippen LogP contribution in [0.3, 0.4) is 0 Å². The van der Waals surface area contributed by atoms with Crippen LogP contribution >= 0.6 is 12.4 Å². The zero-order valence-corrected chi connectivity index (χ0v) is 13.0. The lowest BCUT2D eigenvalue weighted by molar-refractivity contribution is 0.0338. The molecule has 1 aromatic rings. The Balaban J connectivity index is 0.00000200. The minimum Gasteiger partial charge on any atom is -0.475 e. The number of carbonyl (C=O) groups is 1. The molecule has 0 atom stereocenters. The van der Waals surface area contributed by atoms with Crippen LogP contribution in [-0.2, 0) is 16.7 Å². The van der Waals surface area contributed by atoms with E-state index in [4.69, 9.17) is 14.3 Å². The van der Waals surface area contributed by atoms with Gasteiger partial charge in [-0.25, -0.2) is 4.79 Å². The molecular weight excluding hydrogens is 282 g/mol. The molecule has 114 valence electrons.